The van der Waals surface area contributed by atoms with Crippen molar-refractivity contribution in [2.24, 2.45) is 0 Å². The molecule has 1 unspecified atom stereocenters. The number of hydrogen-bond donors (Lipinski definition) is 2. The van der Waals surface area contributed by atoms with Gasteiger partial charge in [0.2, 0.25) is 5.91 Å². The molecule has 5 nitrogen and oxygen atoms in total. The van der Waals surface area contributed by atoms with Gasteiger partial charge in [-0.2, -0.15) is 0 Å². The Labute approximate surface area is 126 Å². The summed E-state index contributed by atoms with van der Waals surface area (Å²) in [6.45, 7) is 5.09. The van der Waals surface area contributed by atoms with Crippen LogP contribution in [0, 0.1) is 0 Å². The molecule has 0 aliphatic carbocycles. The molecule has 0 radical (unpaired) electrons. The van der Waals surface area contributed by atoms with E-state index in [4.69, 9.17) is 9.47 Å². The highest BCUT2D eigenvalue weighted by Gasteiger charge is 2.28. The van der Waals surface area contributed by atoms with Crippen LogP contribution in [-0.2, 0) is 14.3 Å². The molecule has 2 N–H and O–H groups in total. The van der Waals surface area contributed by atoms with E-state index >= 15 is 0 Å². The lowest BCUT2D eigenvalue weighted by molar-refractivity contribution is -0.119. The van der Waals surface area contributed by atoms with Gasteiger partial charge in [0.05, 0.1) is 5.60 Å². The van der Waals surface area contributed by atoms with Gasteiger partial charge in [0.1, 0.15) is 6.61 Å². The minimum absolute atomic E-state index is 0.0655. The number of hydrogen-bond acceptors (Lipinski definition) is 4. The van der Waals surface area contributed by atoms with Gasteiger partial charge in [0, 0.05) is 31.1 Å². The summed E-state index contributed by atoms with van der Waals surface area (Å²) in [6.07, 6.45) is 2.00. The monoisotopic (exact) mass is 292 g/mol. The lowest BCUT2D eigenvalue weighted by Gasteiger charge is -2.36. The van der Waals surface area contributed by atoms with Crippen molar-refractivity contribution < 1.29 is 14.3 Å². The third-order valence-electron chi connectivity index (χ3n) is 3.51. The maximum atomic E-state index is 11.4. The molecule has 0 saturated carbocycles. The third-order valence-corrected chi connectivity index (χ3v) is 3.51. The van der Waals surface area contributed by atoms with Crippen LogP contribution in [0.25, 0.3) is 0 Å². The van der Waals surface area contributed by atoms with Crippen LogP contribution in [0.1, 0.15) is 26.7 Å². The van der Waals surface area contributed by atoms with Crippen LogP contribution < -0.4 is 10.6 Å². The second-order valence-electron chi connectivity index (χ2n) is 6.00. The van der Waals surface area contributed by atoms with Gasteiger partial charge in [-0.1, -0.05) is 0 Å². The summed E-state index contributed by atoms with van der Waals surface area (Å²) in [4.78, 5) is 11.4. The van der Waals surface area contributed by atoms with Gasteiger partial charge in [-0.25, -0.2) is 0 Å². The fraction of sp³-hybridized carbons (Fsp3) is 0.562. The predicted molar refractivity (Wildman–Crippen MR) is 83.6 cm³/mol. The Morgan fingerprint density at radius 1 is 1.33 bits per heavy atom. The highest BCUT2D eigenvalue weighted by atomic mass is 16.5. The smallest absolute Gasteiger partial charge is 0.250 e. The van der Waals surface area contributed by atoms with E-state index in [0.29, 0.717) is 6.04 Å². The van der Waals surface area contributed by atoms with Crippen LogP contribution in [0.5, 0.6) is 0 Å². The first-order valence-electron chi connectivity index (χ1n) is 7.28. The lowest BCUT2D eigenvalue weighted by Crippen LogP contribution is -2.40. The molecule has 1 aliphatic rings. The molecule has 5 heteroatoms. The number of carbonyl (C=O) groups is 1. The molecule has 1 atom stereocenters. The summed E-state index contributed by atoms with van der Waals surface area (Å²) in [6, 6.07) is 8.15. The Kier molecular flexibility index (Phi) is 5.20. The first-order valence-corrected chi connectivity index (χ1v) is 7.28. The molecule has 1 amide bonds. The molecule has 0 spiro atoms. The van der Waals surface area contributed by atoms with Crippen molar-refractivity contribution in [2.45, 2.75) is 38.3 Å². The molecule has 1 fully saturated rings. The van der Waals surface area contributed by atoms with E-state index in [9.17, 15) is 4.79 Å². The summed E-state index contributed by atoms with van der Waals surface area (Å²) < 4.78 is 10.5. The van der Waals surface area contributed by atoms with E-state index in [-0.39, 0.29) is 18.1 Å². The summed E-state index contributed by atoms with van der Waals surface area (Å²) in [5, 5.41) is 6.30. The first-order chi connectivity index (χ1) is 9.98. The van der Waals surface area contributed by atoms with E-state index in [2.05, 4.69) is 24.5 Å². The Balaban J connectivity index is 1.89. The molecule has 0 bridgehead atoms. The van der Waals surface area contributed by atoms with Gasteiger partial charge >= 0.3 is 0 Å². The highest BCUT2D eigenvalue weighted by molar-refractivity contribution is 5.91. The number of methoxy groups -OCH3 is 1. The van der Waals surface area contributed by atoms with Crippen LogP contribution in [-0.4, -0.2) is 37.9 Å². The number of rotatable bonds is 5. The van der Waals surface area contributed by atoms with Crippen molar-refractivity contribution in [2.75, 3.05) is 31.0 Å². The topological polar surface area (TPSA) is 59.6 Å². The van der Waals surface area contributed by atoms with Crippen molar-refractivity contribution in [3.05, 3.63) is 24.3 Å². The number of carbonyl (C=O) groups excluding carboxylic acids is 1. The van der Waals surface area contributed by atoms with Crippen LogP contribution in [0.4, 0.5) is 11.4 Å². The second kappa shape index (κ2) is 6.91. The largest absolute Gasteiger partial charge is 0.382 e. The molecule has 2 rings (SSSR count). The molecule has 1 heterocycles. The van der Waals surface area contributed by atoms with Crippen molar-refractivity contribution >= 4 is 17.3 Å². The van der Waals surface area contributed by atoms with Crippen molar-refractivity contribution in [1.82, 2.24) is 0 Å². The summed E-state index contributed by atoms with van der Waals surface area (Å²) >= 11 is 0. The fourth-order valence-electron chi connectivity index (χ4n) is 2.57. The number of amides is 1. The van der Waals surface area contributed by atoms with E-state index in [0.717, 1.165) is 30.8 Å². The molecular weight excluding hydrogens is 268 g/mol. The van der Waals surface area contributed by atoms with E-state index in [1.165, 1.54) is 7.11 Å². The molecule has 1 aliphatic heterocycles. The summed E-state index contributed by atoms with van der Waals surface area (Å²) in [7, 11) is 1.50. The van der Waals surface area contributed by atoms with Crippen LogP contribution in [0.15, 0.2) is 24.3 Å². The number of benzene rings is 1. The maximum Gasteiger partial charge on any atom is 0.250 e. The van der Waals surface area contributed by atoms with E-state index in [1.807, 2.05) is 24.3 Å². The SMILES string of the molecule is COCC(=O)Nc1ccc(NC2CCOC(C)(C)C2)cc1. The quantitative estimate of drug-likeness (QED) is 0.876. The van der Waals surface area contributed by atoms with Crippen molar-refractivity contribution in [3.63, 3.8) is 0 Å². The molecule has 1 aromatic rings. The molecular formula is C16H24N2O3. The molecule has 21 heavy (non-hydrogen) atoms. The van der Waals surface area contributed by atoms with Gasteiger partial charge in [0.15, 0.2) is 0 Å². The highest BCUT2D eigenvalue weighted by Crippen LogP contribution is 2.26. The lowest BCUT2D eigenvalue weighted by atomic mass is 9.94. The van der Waals surface area contributed by atoms with Crippen molar-refractivity contribution in [3.8, 4) is 0 Å². The zero-order valence-corrected chi connectivity index (χ0v) is 12.9. The number of anilines is 2. The Hall–Kier alpha value is -1.59. The molecule has 1 aromatic carbocycles. The van der Waals surface area contributed by atoms with Crippen LogP contribution in [0.2, 0.25) is 0 Å². The Bertz CT molecular complexity index is 471. The maximum absolute atomic E-state index is 11.4. The standard InChI is InChI=1S/C16H24N2O3/c1-16(2)10-14(8-9-21-16)17-12-4-6-13(7-5-12)18-15(19)11-20-3/h4-7,14,17H,8-11H2,1-3H3,(H,18,19). The van der Waals surface area contributed by atoms with E-state index < -0.39 is 0 Å². The van der Waals surface area contributed by atoms with Crippen molar-refractivity contribution in [1.29, 1.82) is 0 Å². The van der Waals surface area contributed by atoms with Crippen LogP contribution in [0.3, 0.4) is 0 Å². The Morgan fingerprint density at radius 2 is 2.00 bits per heavy atom. The first kappa shape index (κ1) is 15.8. The number of nitrogens with one attached hydrogen (secondary N) is 2. The molecule has 0 aromatic heterocycles. The second-order valence-corrected chi connectivity index (χ2v) is 6.00. The van der Waals surface area contributed by atoms with Gasteiger partial charge in [-0.05, 0) is 51.0 Å². The van der Waals surface area contributed by atoms with Crippen LogP contribution >= 0.6 is 0 Å². The zero-order valence-electron chi connectivity index (χ0n) is 12.9. The Morgan fingerprint density at radius 3 is 2.62 bits per heavy atom. The summed E-state index contributed by atoms with van der Waals surface area (Å²) in [5.74, 6) is -0.149. The van der Waals surface area contributed by atoms with Gasteiger partial charge in [-0.3, -0.25) is 4.79 Å². The van der Waals surface area contributed by atoms with E-state index in [1.54, 1.807) is 0 Å². The minimum Gasteiger partial charge on any atom is -0.382 e. The van der Waals surface area contributed by atoms with Gasteiger partial charge < -0.3 is 20.1 Å². The predicted octanol–water partition coefficient (Wildman–Crippen LogP) is 2.64. The minimum atomic E-state index is -0.149. The third kappa shape index (κ3) is 5.02. The molecule has 116 valence electrons. The summed E-state index contributed by atoms with van der Waals surface area (Å²) in [5.41, 5.74) is 1.77. The zero-order chi connectivity index (χ0) is 15.3. The van der Waals surface area contributed by atoms with Gasteiger partial charge in [-0.15, -0.1) is 0 Å². The number of ether oxygens (including phenoxy) is 2. The average Bonchev–Trinajstić information content (AvgIpc) is 2.40. The fourth-order valence-corrected chi connectivity index (χ4v) is 2.57. The molecule has 1 saturated heterocycles. The average molecular weight is 292 g/mol. The van der Waals surface area contributed by atoms with Gasteiger partial charge in [0.25, 0.3) is 0 Å². The normalized spacial score (nSPS) is 20.8.